The molecule has 2 rings (SSSR count). The highest BCUT2D eigenvalue weighted by Crippen LogP contribution is 2.29. The maximum atomic E-state index is 12.0. The molecule has 1 aromatic heterocycles. The van der Waals surface area contributed by atoms with E-state index < -0.39 is 25.2 Å². The van der Waals surface area contributed by atoms with Crippen LogP contribution in [-0.4, -0.2) is 30.2 Å². The van der Waals surface area contributed by atoms with Crippen LogP contribution in [0, 0.1) is 0 Å². The number of hydrogen-bond donors (Lipinski definition) is 1. The van der Waals surface area contributed by atoms with Crippen molar-refractivity contribution < 1.29 is 22.7 Å². The first kappa shape index (κ1) is 15.4. The van der Waals surface area contributed by atoms with Crippen LogP contribution in [0.15, 0.2) is 30.5 Å². The van der Waals surface area contributed by atoms with Crippen LogP contribution >= 0.6 is 11.6 Å². The Kier molecular flexibility index (Phi) is 4.52. The maximum absolute atomic E-state index is 12.0. The molecule has 1 N–H and O–H groups in total. The lowest BCUT2D eigenvalue weighted by molar-refractivity contribution is -0.139. The van der Waals surface area contributed by atoms with E-state index in [2.05, 4.69) is 4.98 Å². The van der Waals surface area contributed by atoms with Gasteiger partial charge in [0.1, 0.15) is 17.8 Å². The van der Waals surface area contributed by atoms with Crippen molar-refractivity contribution in [3.8, 4) is 5.75 Å². The summed E-state index contributed by atoms with van der Waals surface area (Å²) in [5.41, 5.74) is 0.439. The van der Waals surface area contributed by atoms with Gasteiger partial charge < -0.3 is 10.1 Å². The number of amides is 1. The van der Waals surface area contributed by atoms with E-state index in [9.17, 15) is 18.0 Å². The zero-order chi connectivity index (χ0) is 15.5. The fraction of sp³-hybridized carbons (Fsp3) is 0.231. The van der Waals surface area contributed by atoms with Crippen LogP contribution in [0.3, 0.4) is 0 Å². The second-order valence-corrected chi connectivity index (χ2v) is 4.53. The molecule has 1 aromatic carbocycles. The molecule has 2 aromatic rings. The summed E-state index contributed by atoms with van der Waals surface area (Å²) in [6.45, 7) is -1.93. The van der Waals surface area contributed by atoms with Gasteiger partial charge in [-0.2, -0.15) is 13.2 Å². The van der Waals surface area contributed by atoms with Gasteiger partial charge in [-0.15, -0.1) is 0 Å². The number of carbonyl (C=O) groups is 1. The third kappa shape index (κ3) is 4.22. The van der Waals surface area contributed by atoms with Crippen molar-refractivity contribution in [3.05, 3.63) is 35.5 Å². The molecule has 0 aliphatic heterocycles. The third-order valence-electron chi connectivity index (χ3n) is 2.52. The number of rotatable bonds is 4. The monoisotopic (exact) mass is 318 g/mol. The van der Waals surface area contributed by atoms with Crippen molar-refractivity contribution in [3.63, 3.8) is 0 Å². The summed E-state index contributed by atoms with van der Waals surface area (Å²) in [5.74, 6) is -0.594. The predicted molar refractivity (Wildman–Crippen MR) is 71.3 cm³/mol. The van der Waals surface area contributed by atoms with Crippen molar-refractivity contribution in [2.75, 3.05) is 13.2 Å². The molecule has 1 amide bonds. The van der Waals surface area contributed by atoms with Gasteiger partial charge in [0.25, 0.3) is 5.91 Å². The predicted octanol–water partition coefficient (Wildman–Crippen LogP) is 2.95. The normalized spacial score (nSPS) is 11.4. The number of halogens is 4. The second-order valence-electron chi connectivity index (χ2n) is 4.13. The molecule has 0 saturated carbocycles. The smallest absolute Gasteiger partial charge is 0.405 e. The molecule has 8 heteroatoms. The van der Waals surface area contributed by atoms with E-state index in [0.29, 0.717) is 15.9 Å². The molecular weight excluding hydrogens is 309 g/mol. The van der Waals surface area contributed by atoms with E-state index >= 15 is 0 Å². The number of fused-ring (bicyclic) bond motifs is 1. The van der Waals surface area contributed by atoms with E-state index in [1.165, 1.54) is 12.3 Å². The number of carbonyl (C=O) groups excluding carboxylic acids is 1. The van der Waals surface area contributed by atoms with Crippen LogP contribution in [0.1, 0.15) is 0 Å². The van der Waals surface area contributed by atoms with Crippen molar-refractivity contribution in [1.82, 2.24) is 10.3 Å². The van der Waals surface area contributed by atoms with Gasteiger partial charge >= 0.3 is 6.18 Å². The highest BCUT2D eigenvalue weighted by Gasteiger charge is 2.27. The first-order chi connectivity index (χ1) is 9.87. The highest BCUT2D eigenvalue weighted by molar-refractivity contribution is 6.35. The Morgan fingerprint density at radius 1 is 1.33 bits per heavy atom. The van der Waals surface area contributed by atoms with Crippen molar-refractivity contribution in [2.24, 2.45) is 0 Å². The minimum Gasteiger partial charge on any atom is -0.481 e. The van der Waals surface area contributed by atoms with Gasteiger partial charge in [0.2, 0.25) is 0 Å². The first-order valence-electron chi connectivity index (χ1n) is 5.86. The van der Waals surface area contributed by atoms with Crippen molar-refractivity contribution in [2.45, 2.75) is 6.18 Å². The molecule has 0 fully saturated rings. The average Bonchev–Trinajstić information content (AvgIpc) is 2.44. The lowest BCUT2D eigenvalue weighted by atomic mass is 10.2. The minimum atomic E-state index is -4.45. The molecule has 1 heterocycles. The molecule has 0 aliphatic rings. The van der Waals surface area contributed by atoms with E-state index in [0.717, 1.165) is 0 Å². The average molecular weight is 319 g/mol. The number of pyridine rings is 1. The van der Waals surface area contributed by atoms with Gasteiger partial charge in [0.15, 0.2) is 6.61 Å². The van der Waals surface area contributed by atoms with Gasteiger partial charge in [-0.3, -0.25) is 9.78 Å². The Hall–Kier alpha value is -2.02. The fourth-order valence-electron chi connectivity index (χ4n) is 1.62. The van der Waals surface area contributed by atoms with Gasteiger partial charge in [-0.25, -0.2) is 0 Å². The Labute approximate surface area is 122 Å². The van der Waals surface area contributed by atoms with Gasteiger partial charge in [-0.1, -0.05) is 11.6 Å². The van der Waals surface area contributed by atoms with E-state index in [1.807, 2.05) is 0 Å². The summed E-state index contributed by atoms with van der Waals surface area (Å²) in [4.78, 5) is 15.4. The fourth-order valence-corrected chi connectivity index (χ4v) is 1.84. The van der Waals surface area contributed by atoms with Crippen LogP contribution in [0.2, 0.25) is 5.02 Å². The van der Waals surface area contributed by atoms with E-state index in [1.54, 1.807) is 23.5 Å². The van der Waals surface area contributed by atoms with Crippen LogP contribution in [0.5, 0.6) is 5.75 Å². The number of nitrogens with zero attached hydrogens (tertiary/aromatic N) is 1. The van der Waals surface area contributed by atoms with Crippen molar-refractivity contribution >= 4 is 28.4 Å². The molecule has 0 radical (unpaired) electrons. The molecule has 4 nitrogen and oxygen atoms in total. The number of nitrogens with one attached hydrogen (secondary N) is 1. The van der Waals surface area contributed by atoms with E-state index in [-0.39, 0.29) is 5.75 Å². The Balaban J connectivity index is 2.04. The molecule has 0 spiro atoms. The summed E-state index contributed by atoms with van der Waals surface area (Å²) in [6.07, 6.45) is -2.93. The molecule has 112 valence electrons. The maximum Gasteiger partial charge on any atom is 0.405 e. The number of alkyl halides is 3. The standard InChI is InChI=1S/C13H10ClF3N2O2/c14-9-3-4-10(12-8(9)2-1-5-18-12)21-6-11(20)19-7-13(15,16)17/h1-5H,6-7H2,(H,19,20). The lowest BCUT2D eigenvalue weighted by Crippen LogP contribution is -2.36. The number of benzene rings is 1. The van der Waals surface area contributed by atoms with Crippen LogP contribution in [0.25, 0.3) is 10.9 Å². The van der Waals surface area contributed by atoms with Crippen LogP contribution < -0.4 is 10.1 Å². The molecule has 0 aliphatic carbocycles. The Morgan fingerprint density at radius 2 is 2.10 bits per heavy atom. The second kappa shape index (κ2) is 6.17. The summed E-state index contributed by atoms with van der Waals surface area (Å²) in [7, 11) is 0. The topological polar surface area (TPSA) is 51.2 Å². The van der Waals surface area contributed by atoms with Gasteiger partial charge in [-0.05, 0) is 24.3 Å². The largest absolute Gasteiger partial charge is 0.481 e. The van der Waals surface area contributed by atoms with Gasteiger partial charge in [0, 0.05) is 11.6 Å². The summed E-state index contributed by atoms with van der Waals surface area (Å²) < 4.78 is 41.1. The van der Waals surface area contributed by atoms with Crippen LogP contribution in [0.4, 0.5) is 13.2 Å². The molecule has 0 unspecified atom stereocenters. The van der Waals surface area contributed by atoms with Crippen molar-refractivity contribution in [1.29, 1.82) is 0 Å². The number of aromatic nitrogens is 1. The number of ether oxygens (including phenoxy) is 1. The summed E-state index contributed by atoms with van der Waals surface area (Å²) in [6, 6.07) is 6.48. The highest BCUT2D eigenvalue weighted by atomic mass is 35.5. The molecule has 0 bridgehead atoms. The summed E-state index contributed by atoms with van der Waals surface area (Å²) in [5, 5.41) is 2.81. The van der Waals surface area contributed by atoms with Gasteiger partial charge in [0.05, 0.1) is 5.02 Å². The zero-order valence-corrected chi connectivity index (χ0v) is 11.3. The lowest BCUT2D eigenvalue weighted by Gasteiger charge is -2.11. The molecule has 0 saturated heterocycles. The first-order valence-corrected chi connectivity index (χ1v) is 6.24. The molecular formula is C13H10ClF3N2O2. The summed E-state index contributed by atoms with van der Waals surface area (Å²) >= 11 is 5.99. The SMILES string of the molecule is O=C(COc1ccc(Cl)c2cccnc12)NCC(F)(F)F. The Morgan fingerprint density at radius 3 is 2.81 bits per heavy atom. The van der Waals surface area contributed by atoms with E-state index in [4.69, 9.17) is 16.3 Å². The zero-order valence-electron chi connectivity index (χ0n) is 10.6. The minimum absolute atomic E-state index is 0.275. The quantitative estimate of drug-likeness (QED) is 0.943. The Bertz CT molecular complexity index is 661. The third-order valence-corrected chi connectivity index (χ3v) is 2.85. The molecule has 21 heavy (non-hydrogen) atoms. The van der Waals surface area contributed by atoms with Crippen LogP contribution in [-0.2, 0) is 4.79 Å². The molecule has 0 atom stereocenters. The number of hydrogen-bond acceptors (Lipinski definition) is 3.